The van der Waals surface area contributed by atoms with Crippen molar-refractivity contribution in [2.75, 3.05) is 19.8 Å². The molecule has 1 aliphatic rings. The average Bonchev–Trinajstić information content (AvgIpc) is 2.56. The molecule has 0 spiro atoms. The maximum atomic E-state index is 12.8. The fraction of sp³-hybridized carbons (Fsp3) is 0.944. The van der Waals surface area contributed by atoms with Crippen LogP contribution in [0.15, 0.2) is 0 Å². The molecule has 0 aliphatic heterocycles. The van der Waals surface area contributed by atoms with Gasteiger partial charge in [-0.1, -0.05) is 26.2 Å². The lowest BCUT2D eigenvalue weighted by molar-refractivity contribution is -0.139. The van der Waals surface area contributed by atoms with Gasteiger partial charge in [0.15, 0.2) is 0 Å². The van der Waals surface area contributed by atoms with Gasteiger partial charge in [0.05, 0.1) is 5.92 Å². The molecule has 0 aromatic rings. The molecule has 0 saturated heterocycles. The zero-order valence-electron chi connectivity index (χ0n) is 17.1. The molecule has 0 aromatic heterocycles. The van der Waals surface area contributed by atoms with Crippen molar-refractivity contribution in [3.05, 3.63) is 0 Å². The highest BCUT2D eigenvalue weighted by molar-refractivity contribution is 6.74. The first kappa shape index (κ1) is 22.8. The van der Waals surface area contributed by atoms with Crippen molar-refractivity contribution >= 4 is 23.1 Å². The summed E-state index contributed by atoms with van der Waals surface area (Å²) in [4.78, 5) is 12.8. The Hall–Kier alpha value is -0.216. The Morgan fingerprint density at radius 1 is 0.960 bits per heavy atom. The van der Waals surface area contributed by atoms with Gasteiger partial charge in [-0.2, -0.15) is 0 Å². The Bertz CT molecular complexity index is 380. The monoisotopic (exact) mass is 390 g/mol. The zero-order chi connectivity index (χ0) is 18.9. The molecule has 148 valence electrons. The Morgan fingerprint density at radius 2 is 1.44 bits per heavy atom. The van der Waals surface area contributed by atoms with E-state index in [0.29, 0.717) is 31.4 Å². The summed E-state index contributed by atoms with van der Waals surface area (Å²) in [7, 11) is -4.84. The van der Waals surface area contributed by atoms with Crippen molar-refractivity contribution in [3.8, 4) is 0 Å². The van der Waals surface area contributed by atoms with Crippen molar-refractivity contribution in [1.29, 1.82) is 0 Å². The van der Waals surface area contributed by atoms with E-state index >= 15 is 0 Å². The Labute approximate surface area is 156 Å². The summed E-state index contributed by atoms with van der Waals surface area (Å²) in [6.45, 7) is 13.7. The summed E-state index contributed by atoms with van der Waals surface area (Å²) >= 11 is 0. The molecule has 1 fully saturated rings. The van der Waals surface area contributed by atoms with E-state index in [4.69, 9.17) is 17.7 Å². The van der Waals surface area contributed by atoms with Crippen molar-refractivity contribution in [2.45, 2.75) is 84.5 Å². The molecule has 1 rings (SSSR count). The van der Waals surface area contributed by atoms with E-state index < -0.39 is 17.1 Å². The first-order chi connectivity index (χ1) is 11.8. The summed E-state index contributed by atoms with van der Waals surface area (Å²) in [5.74, 6) is -0.384. The molecule has 1 atom stereocenters. The van der Waals surface area contributed by atoms with E-state index in [9.17, 15) is 4.79 Å². The van der Waals surface area contributed by atoms with Gasteiger partial charge in [0, 0.05) is 25.9 Å². The third kappa shape index (κ3) is 7.13. The van der Waals surface area contributed by atoms with Crippen LogP contribution in [0.4, 0.5) is 0 Å². The fourth-order valence-corrected chi connectivity index (χ4v) is 9.19. The van der Waals surface area contributed by atoms with Crippen LogP contribution in [0.3, 0.4) is 0 Å². The first-order valence-corrected chi connectivity index (χ1v) is 14.9. The highest BCUT2D eigenvalue weighted by Gasteiger charge is 2.45. The lowest BCUT2D eigenvalue weighted by Gasteiger charge is -2.36. The molecule has 1 saturated carbocycles. The van der Waals surface area contributed by atoms with Gasteiger partial charge in [-0.3, -0.25) is 4.79 Å². The molecule has 0 heterocycles. The minimum atomic E-state index is -2.82. The molecular formula is C18H38O5Si2. The highest BCUT2D eigenvalue weighted by Crippen LogP contribution is 2.38. The second-order valence-corrected chi connectivity index (χ2v) is 14.3. The minimum absolute atomic E-state index is 0.113. The van der Waals surface area contributed by atoms with E-state index in [2.05, 4.69) is 13.1 Å². The third-order valence-corrected chi connectivity index (χ3v) is 11.6. The summed E-state index contributed by atoms with van der Waals surface area (Å²) in [5.41, 5.74) is 0.588. The van der Waals surface area contributed by atoms with Crippen molar-refractivity contribution < 1.29 is 22.5 Å². The third-order valence-electron chi connectivity index (χ3n) is 5.00. The molecule has 0 aromatic carbocycles. The number of hydrogen-bond donors (Lipinski definition) is 0. The molecule has 25 heavy (non-hydrogen) atoms. The maximum Gasteiger partial charge on any atom is 0.501 e. The molecule has 1 unspecified atom stereocenters. The van der Waals surface area contributed by atoms with Gasteiger partial charge in [0.25, 0.3) is 14.3 Å². The molecular weight excluding hydrogens is 352 g/mol. The normalized spacial score (nSPS) is 18.2. The van der Waals surface area contributed by atoms with Crippen LogP contribution in [0.2, 0.25) is 24.7 Å². The second-order valence-electron chi connectivity index (χ2n) is 7.45. The van der Waals surface area contributed by atoms with E-state index in [0.717, 1.165) is 0 Å². The van der Waals surface area contributed by atoms with Crippen LogP contribution >= 0.6 is 0 Å². The fourth-order valence-electron chi connectivity index (χ4n) is 3.66. The summed E-state index contributed by atoms with van der Waals surface area (Å²) in [6, 6.07) is 0.483. The Kier molecular flexibility index (Phi) is 9.88. The topological polar surface area (TPSA) is 54.0 Å². The SMILES string of the molecule is CCO[Si](CC(C)C(=O)O[Si](C)(C)C1CCCCC1)(OCC)OCC. The number of carbonyl (C=O) groups excluding carboxylic acids is 1. The van der Waals surface area contributed by atoms with Crippen LogP contribution < -0.4 is 0 Å². The van der Waals surface area contributed by atoms with Crippen LogP contribution in [0.1, 0.15) is 59.8 Å². The predicted molar refractivity (Wildman–Crippen MR) is 105 cm³/mol. The van der Waals surface area contributed by atoms with Crippen molar-refractivity contribution in [2.24, 2.45) is 5.92 Å². The molecule has 7 heteroatoms. The lowest BCUT2D eigenvalue weighted by Crippen LogP contribution is -2.49. The Morgan fingerprint density at radius 3 is 1.88 bits per heavy atom. The van der Waals surface area contributed by atoms with E-state index in [-0.39, 0.29) is 11.9 Å². The summed E-state index contributed by atoms with van der Waals surface area (Å²) in [6.07, 6.45) is 6.26. The lowest BCUT2D eigenvalue weighted by atomic mass is 10.0. The largest absolute Gasteiger partial charge is 0.519 e. The molecule has 5 nitrogen and oxygen atoms in total. The smallest absolute Gasteiger partial charge is 0.501 e. The Balaban J connectivity index is 2.71. The number of rotatable bonds is 11. The van der Waals surface area contributed by atoms with E-state index in [1.165, 1.54) is 32.1 Å². The van der Waals surface area contributed by atoms with Gasteiger partial charge >= 0.3 is 8.80 Å². The number of carbonyl (C=O) groups is 1. The second kappa shape index (κ2) is 10.8. The average molecular weight is 391 g/mol. The van der Waals surface area contributed by atoms with Gasteiger partial charge in [0.2, 0.25) is 0 Å². The predicted octanol–water partition coefficient (Wildman–Crippen LogP) is 4.75. The molecule has 1 aliphatic carbocycles. The van der Waals surface area contributed by atoms with Crippen LogP contribution in [-0.2, 0) is 22.5 Å². The van der Waals surface area contributed by atoms with Crippen molar-refractivity contribution in [3.63, 3.8) is 0 Å². The zero-order valence-corrected chi connectivity index (χ0v) is 19.1. The van der Waals surface area contributed by atoms with E-state index in [1.807, 2.05) is 27.7 Å². The quantitative estimate of drug-likeness (QED) is 0.476. The van der Waals surface area contributed by atoms with Gasteiger partial charge < -0.3 is 17.7 Å². The first-order valence-electron chi connectivity index (χ1n) is 9.95. The van der Waals surface area contributed by atoms with Crippen LogP contribution in [-0.4, -0.2) is 42.9 Å². The summed E-state index contributed by atoms with van der Waals surface area (Å²) < 4.78 is 23.7. The number of hydrogen-bond acceptors (Lipinski definition) is 5. The van der Waals surface area contributed by atoms with Crippen LogP contribution in [0.5, 0.6) is 0 Å². The van der Waals surface area contributed by atoms with Gasteiger partial charge in [0.1, 0.15) is 0 Å². The molecule has 0 radical (unpaired) electrons. The van der Waals surface area contributed by atoms with Gasteiger partial charge in [-0.25, -0.2) is 0 Å². The summed E-state index contributed by atoms with van der Waals surface area (Å²) in [5, 5.41) is 0. The van der Waals surface area contributed by atoms with E-state index in [1.54, 1.807) is 0 Å². The molecule has 0 bridgehead atoms. The van der Waals surface area contributed by atoms with Gasteiger partial charge in [-0.05, 0) is 52.2 Å². The van der Waals surface area contributed by atoms with Crippen molar-refractivity contribution in [1.82, 2.24) is 0 Å². The van der Waals surface area contributed by atoms with Crippen LogP contribution in [0, 0.1) is 5.92 Å². The standard InChI is InChI=1S/C18H38O5Si2/c1-7-20-25(21-8-2,22-9-3)15-16(4)18(19)23-24(5,6)17-13-11-10-12-14-17/h16-17H,7-15H2,1-6H3. The maximum absolute atomic E-state index is 12.8. The van der Waals surface area contributed by atoms with Crippen LogP contribution in [0.25, 0.3) is 0 Å². The minimum Gasteiger partial charge on any atom is -0.519 e. The highest BCUT2D eigenvalue weighted by atomic mass is 28.4. The van der Waals surface area contributed by atoms with Gasteiger partial charge in [-0.15, -0.1) is 0 Å². The molecule has 0 amide bonds. The molecule has 0 N–H and O–H groups in total.